The van der Waals surface area contributed by atoms with Crippen molar-refractivity contribution >= 4 is 33.3 Å². The first-order valence-corrected chi connectivity index (χ1v) is 15.9. The third kappa shape index (κ3) is 7.76. The van der Waals surface area contributed by atoms with Crippen LogP contribution in [-0.4, -0.2) is 45.0 Å². The van der Waals surface area contributed by atoms with Gasteiger partial charge in [0.2, 0.25) is 5.91 Å². The van der Waals surface area contributed by atoms with Crippen LogP contribution in [0.2, 0.25) is 0 Å². The van der Waals surface area contributed by atoms with Crippen molar-refractivity contribution in [2.45, 2.75) is 77.0 Å². The first kappa shape index (κ1) is 29.3. The number of anilines is 1. The first-order chi connectivity index (χ1) is 20.0. The van der Waals surface area contributed by atoms with Crippen molar-refractivity contribution in [2.24, 2.45) is 0 Å². The van der Waals surface area contributed by atoms with E-state index in [-0.39, 0.29) is 11.8 Å². The fourth-order valence-electron chi connectivity index (χ4n) is 5.27. The number of rotatable bonds is 9. The molecule has 1 aromatic carbocycles. The van der Waals surface area contributed by atoms with E-state index < -0.39 is 0 Å². The number of carbonyl (C=O) groups is 1. The summed E-state index contributed by atoms with van der Waals surface area (Å²) in [6.07, 6.45) is 19.2. The van der Waals surface area contributed by atoms with Gasteiger partial charge < -0.3 is 10.2 Å². The predicted octanol–water partition coefficient (Wildman–Crippen LogP) is 7.90. The lowest BCUT2D eigenvalue weighted by molar-refractivity contribution is -0.131. The number of hydrogen-bond donors (Lipinski definition) is 1. The minimum absolute atomic E-state index is 0.178. The van der Waals surface area contributed by atoms with Gasteiger partial charge >= 0.3 is 0 Å². The van der Waals surface area contributed by atoms with Crippen molar-refractivity contribution in [2.75, 3.05) is 25.0 Å². The summed E-state index contributed by atoms with van der Waals surface area (Å²) < 4.78 is 2.68. The third-order valence-electron chi connectivity index (χ3n) is 7.95. The zero-order valence-electron chi connectivity index (χ0n) is 24.4. The SMILES string of the molecule is C1CC1.C=C/C(=C\C=C/C)CNc1cc(C2CCCN(C(=O)Cc3ccc(C)c(C4CC4)c3)C2)nc2c(Br)cnn12. The number of nitrogens with one attached hydrogen (secondary N) is 1. The number of halogens is 1. The fraction of sp³-hybridized carbons (Fsp3) is 0.441. The lowest BCUT2D eigenvalue weighted by Gasteiger charge is -2.33. The first-order valence-electron chi connectivity index (χ1n) is 15.1. The fourth-order valence-corrected chi connectivity index (χ4v) is 5.62. The number of hydrogen-bond acceptors (Lipinski definition) is 4. The van der Waals surface area contributed by atoms with Crippen LogP contribution < -0.4 is 5.32 Å². The minimum Gasteiger partial charge on any atom is -0.366 e. The van der Waals surface area contributed by atoms with Crippen LogP contribution in [-0.2, 0) is 11.2 Å². The summed E-state index contributed by atoms with van der Waals surface area (Å²) in [6, 6.07) is 8.65. The highest BCUT2D eigenvalue weighted by molar-refractivity contribution is 9.10. The Morgan fingerprint density at radius 3 is 2.66 bits per heavy atom. The standard InChI is InChI=1S/C31H36BrN5O.C3H6/c1-4-6-8-22(5-2)18-33-29-17-28(35-31-27(32)19-34-37(29)31)25-9-7-14-36(20-25)30(38)16-23-11-10-21(3)26(15-23)24-12-13-24;1-2-3-1/h4-6,8,10-11,15,17,19,24-25,33H,2,7,9,12-14,16,18,20H2,1,3H3;1-3H2/b6-4-,22-8+;. The second-order valence-electron chi connectivity index (χ2n) is 11.5. The maximum atomic E-state index is 13.4. The molecule has 3 fully saturated rings. The smallest absolute Gasteiger partial charge is 0.227 e. The molecule has 1 unspecified atom stereocenters. The van der Waals surface area contributed by atoms with Crippen LogP contribution in [0, 0.1) is 6.92 Å². The molecule has 1 saturated heterocycles. The highest BCUT2D eigenvalue weighted by Crippen LogP contribution is 2.42. The molecule has 6 nitrogen and oxygen atoms in total. The lowest BCUT2D eigenvalue weighted by atomic mass is 9.93. The molecule has 1 atom stereocenters. The summed E-state index contributed by atoms with van der Waals surface area (Å²) in [4.78, 5) is 20.4. The molecule has 3 heterocycles. The van der Waals surface area contributed by atoms with Gasteiger partial charge in [-0.25, -0.2) is 4.98 Å². The molecule has 41 heavy (non-hydrogen) atoms. The van der Waals surface area contributed by atoms with E-state index in [1.807, 2.05) is 40.6 Å². The summed E-state index contributed by atoms with van der Waals surface area (Å²) in [6.45, 7) is 10.2. The van der Waals surface area contributed by atoms with Gasteiger partial charge in [0, 0.05) is 31.6 Å². The van der Waals surface area contributed by atoms with Crippen molar-refractivity contribution in [3.05, 3.63) is 93.8 Å². The molecule has 2 aliphatic carbocycles. The number of fused-ring (bicyclic) bond motifs is 1. The Hall–Kier alpha value is -3.19. The molecule has 2 saturated carbocycles. The molecule has 1 aliphatic heterocycles. The van der Waals surface area contributed by atoms with Crippen molar-refractivity contribution in [3.8, 4) is 0 Å². The largest absolute Gasteiger partial charge is 0.366 e. The van der Waals surface area contributed by atoms with E-state index in [9.17, 15) is 4.79 Å². The number of allylic oxidation sites excluding steroid dienone is 3. The summed E-state index contributed by atoms with van der Waals surface area (Å²) in [5, 5.41) is 8.03. The number of amides is 1. The third-order valence-corrected chi connectivity index (χ3v) is 8.51. The van der Waals surface area contributed by atoms with Gasteiger partial charge in [0.15, 0.2) is 5.65 Å². The summed E-state index contributed by atoms with van der Waals surface area (Å²) in [5.74, 6) is 1.95. The maximum absolute atomic E-state index is 13.4. The van der Waals surface area contributed by atoms with E-state index in [0.29, 0.717) is 25.4 Å². The molecular formula is C34H42BrN5O. The molecule has 7 heteroatoms. The number of likely N-dealkylation sites (tertiary alicyclic amines) is 1. The Morgan fingerprint density at radius 2 is 1.95 bits per heavy atom. The average Bonchev–Trinajstić information content (AvgIpc) is 3.92. The molecule has 2 aromatic heterocycles. The number of carbonyl (C=O) groups excluding carboxylic acids is 1. The van der Waals surface area contributed by atoms with E-state index in [2.05, 4.69) is 64.1 Å². The van der Waals surface area contributed by atoms with Gasteiger partial charge in [0.1, 0.15) is 5.82 Å². The summed E-state index contributed by atoms with van der Waals surface area (Å²) in [5.41, 5.74) is 6.74. The topological polar surface area (TPSA) is 62.5 Å². The van der Waals surface area contributed by atoms with Gasteiger partial charge in [-0.05, 0) is 83.6 Å². The minimum atomic E-state index is 0.178. The van der Waals surface area contributed by atoms with Crippen molar-refractivity contribution in [3.63, 3.8) is 0 Å². The quantitative estimate of drug-likeness (QED) is 0.249. The van der Waals surface area contributed by atoms with Crippen LogP contribution in [0.5, 0.6) is 0 Å². The van der Waals surface area contributed by atoms with Crippen LogP contribution in [0.15, 0.2) is 71.4 Å². The molecular weight excluding hydrogens is 574 g/mol. The highest BCUT2D eigenvalue weighted by Gasteiger charge is 2.28. The highest BCUT2D eigenvalue weighted by atomic mass is 79.9. The van der Waals surface area contributed by atoms with Crippen molar-refractivity contribution in [1.82, 2.24) is 19.5 Å². The monoisotopic (exact) mass is 615 g/mol. The molecule has 0 radical (unpaired) electrons. The maximum Gasteiger partial charge on any atom is 0.227 e. The number of piperidine rings is 1. The van der Waals surface area contributed by atoms with Crippen LogP contribution >= 0.6 is 15.9 Å². The Kier molecular flexibility index (Phi) is 9.76. The predicted molar refractivity (Wildman–Crippen MR) is 172 cm³/mol. The number of aromatic nitrogens is 3. The molecule has 0 spiro atoms. The number of benzene rings is 1. The van der Waals surface area contributed by atoms with Crippen molar-refractivity contribution < 1.29 is 4.79 Å². The van der Waals surface area contributed by atoms with Crippen LogP contribution in [0.3, 0.4) is 0 Å². The average molecular weight is 617 g/mol. The zero-order chi connectivity index (χ0) is 28.8. The Bertz CT molecular complexity index is 1450. The molecule has 216 valence electrons. The molecule has 0 bridgehead atoms. The van der Waals surface area contributed by atoms with Gasteiger partial charge in [-0.1, -0.05) is 68.3 Å². The van der Waals surface area contributed by atoms with Gasteiger partial charge in [-0.2, -0.15) is 9.61 Å². The van der Waals surface area contributed by atoms with Gasteiger partial charge in [-0.3, -0.25) is 4.79 Å². The van der Waals surface area contributed by atoms with Crippen LogP contribution in [0.25, 0.3) is 5.65 Å². The second-order valence-corrected chi connectivity index (χ2v) is 12.4. The van der Waals surface area contributed by atoms with E-state index in [1.165, 1.54) is 43.2 Å². The summed E-state index contributed by atoms with van der Waals surface area (Å²) >= 11 is 3.61. The molecule has 3 aromatic rings. The number of nitrogens with zero attached hydrogens (tertiary/aromatic N) is 4. The Morgan fingerprint density at radius 1 is 1.15 bits per heavy atom. The Balaban J connectivity index is 0.00000106. The lowest BCUT2D eigenvalue weighted by Crippen LogP contribution is -2.40. The molecule has 1 N–H and O–H groups in total. The van der Waals surface area contributed by atoms with E-state index in [4.69, 9.17) is 4.98 Å². The Labute approximate surface area is 252 Å². The van der Waals surface area contributed by atoms with E-state index in [0.717, 1.165) is 52.2 Å². The second kappa shape index (κ2) is 13.6. The van der Waals surface area contributed by atoms with Gasteiger partial charge in [-0.15, -0.1) is 0 Å². The van der Waals surface area contributed by atoms with E-state index in [1.54, 1.807) is 6.20 Å². The van der Waals surface area contributed by atoms with Gasteiger partial charge in [0.25, 0.3) is 0 Å². The van der Waals surface area contributed by atoms with Gasteiger partial charge in [0.05, 0.1) is 22.8 Å². The van der Waals surface area contributed by atoms with Crippen LogP contribution in [0.4, 0.5) is 5.82 Å². The number of aryl methyl sites for hydroxylation is 1. The molecule has 3 aliphatic rings. The summed E-state index contributed by atoms with van der Waals surface area (Å²) in [7, 11) is 0. The molecule has 1 amide bonds. The normalized spacial score (nSPS) is 18.8. The molecule has 6 rings (SSSR count). The zero-order valence-corrected chi connectivity index (χ0v) is 26.0. The van der Waals surface area contributed by atoms with Crippen LogP contribution in [0.1, 0.15) is 86.1 Å². The van der Waals surface area contributed by atoms with Crippen molar-refractivity contribution in [1.29, 1.82) is 0 Å². The van der Waals surface area contributed by atoms with E-state index >= 15 is 0 Å².